The Bertz CT molecular complexity index is 448. The van der Waals surface area contributed by atoms with Gasteiger partial charge in [0.25, 0.3) is 0 Å². The summed E-state index contributed by atoms with van der Waals surface area (Å²) in [5.41, 5.74) is 3.64. The summed E-state index contributed by atoms with van der Waals surface area (Å²) in [5.74, 6) is 0. The fraction of sp³-hybridized carbons (Fsp3) is 0.267. The van der Waals surface area contributed by atoms with E-state index in [1.165, 1.54) is 17.7 Å². The number of rotatable bonds is 4. The zero-order valence-corrected chi connectivity index (χ0v) is 10.4. The van der Waals surface area contributed by atoms with Crippen molar-refractivity contribution in [1.29, 1.82) is 0 Å². The van der Waals surface area contributed by atoms with Crippen molar-refractivity contribution in [2.24, 2.45) is 0 Å². The second-order valence-corrected chi connectivity index (χ2v) is 4.21. The molecule has 2 rings (SSSR count). The average molecular weight is 226 g/mol. The molecule has 0 radical (unpaired) electrons. The van der Waals surface area contributed by atoms with E-state index in [1.54, 1.807) is 6.20 Å². The van der Waals surface area contributed by atoms with Crippen molar-refractivity contribution >= 4 is 5.69 Å². The summed E-state index contributed by atoms with van der Waals surface area (Å²) in [5, 5.41) is 0. The fourth-order valence-electron chi connectivity index (χ4n) is 1.91. The van der Waals surface area contributed by atoms with E-state index >= 15 is 0 Å². The molecule has 0 aliphatic rings. The number of hydrogen-bond donors (Lipinski definition) is 0. The number of nitrogens with zero attached hydrogens (tertiary/aromatic N) is 2. The van der Waals surface area contributed by atoms with Crippen molar-refractivity contribution < 1.29 is 0 Å². The molecular weight excluding hydrogens is 208 g/mol. The molecule has 0 aliphatic carbocycles. The van der Waals surface area contributed by atoms with Crippen LogP contribution in [0.5, 0.6) is 0 Å². The van der Waals surface area contributed by atoms with Crippen molar-refractivity contribution in [1.82, 2.24) is 4.98 Å². The Morgan fingerprint density at radius 2 is 1.82 bits per heavy atom. The van der Waals surface area contributed by atoms with E-state index in [0.29, 0.717) is 0 Å². The zero-order chi connectivity index (χ0) is 12.1. The van der Waals surface area contributed by atoms with Crippen molar-refractivity contribution in [3.05, 3.63) is 48.8 Å². The molecule has 17 heavy (non-hydrogen) atoms. The maximum Gasteiger partial charge on any atom is 0.0364 e. The van der Waals surface area contributed by atoms with Crippen LogP contribution in [0.25, 0.3) is 11.1 Å². The molecule has 0 N–H and O–H groups in total. The van der Waals surface area contributed by atoms with E-state index in [2.05, 4.69) is 54.2 Å². The Morgan fingerprint density at radius 1 is 1.06 bits per heavy atom. The minimum atomic E-state index is 1.09. The Kier molecular flexibility index (Phi) is 3.76. The molecule has 0 amide bonds. The minimum Gasteiger partial charge on any atom is -0.375 e. The van der Waals surface area contributed by atoms with Gasteiger partial charge in [0.2, 0.25) is 0 Å². The third-order valence-electron chi connectivity index (χ3n) is 2.86. The van der Waals surface area contributed by atoms with Gasteiger partial charge < -0.3 is 4.90 Å². The van der Waals surface area contributed by atoms with E-state index in [-0.39, 0.29) is 0 Å². The molecule has 88 valence electrons. The molecule has 0 atom stereocenters. The lowest BCUT2D eigenvalue weighted by molar-refractivity contribution is 0.852. The number of aromatic nitrogens is 1. The molecule has 1 aromatic heterocycles. The Labute approximate surface area is 103 Å². The van der Waals surface area contributed by atoms with Crippen LogP contribution in [0.4, 0.5) is 5.69 Å². The van der Waals surface area contributed by atoms with Crippen molar-refractivity contribution in [2.45, 2.75) is 13.3 Å². The van der Waals surface area contributed by atoms with Crippen LogP contribution in [0.2, 0.25) is 0 Å². The summed E-state index contributed by atoms with van der Waals surface area (Å²) in [6.07, 6.45) is 4.86. The number of benzene rings is 1. The summed E-state index contributed by atoms with van der Waals surface area (Å²) in [7, 11) is 2.13. The Hall–Kier alpha value is -1.83. The maximum atomic E-state index is 4.14. The number of anilines is 1. The molecule has 2 aromatic rings. The highest BCUT2D eigenvalue weighted by atomic mass is 15.1. The first-order valence-electron chi connectivity index (χ1n) is 6.03. The summed E-state index contributed by atoms with van der Waals surface area (Å²) in [6.45, 7) is 3.28. The molecule has 1 aromatic carbocycles. The SMILES string of the molecule is CCCN(C)c1ccc(-c2cccnc2)cc1. The van der Waals surface area contributed by atoms with Crippen molar-refractivity contribution in [3.63, 3.8) is 0 Å². The van der Waals surface area contributed by atoms with Gasteiger partial charge in [-0.05, 0) is 35.7 Å². The van der Waals surface area contributed by atoms with Crippen LogP contribution in [-0.2, 0) is 0 Å². The number of hydrogen-bond acceptors (Lipinski definition) is 2. The van der Waals surface area contributed by atoms with Gasteiger partial charge in [-0.1, -0.05) is 25.1 Å². The first-order chi connectivity index (χ1) is 8.31. The minimum absolute atomic E-state index is 1.09. The smallest absolute Gasteiger partial charge is 0.0364 e. The largest absolute Gasteiger partial charge is 0.375 e. The van der Waals surface area contributed by atoms with Crippen LogP contribution in [0, 0.1) is 0 Å². The lowest BCUT2D eigenvalue weighted by Gasteiger charge is -2.18. The first kappa shape index (κ1) is 11.6. The highest BCUT2D eigenvalue weighted by Crippen LogP contribution is 2.21. The quantitative estimate of drug-likeness (QED) is 0.792. The predicted octanol–water partition coefficient (Wildman–Crippen LogP) is 3.59. The van der Waals surface area contributed by atoms with Gasteiger partial charge in [-0.2, -0.15) is 0 Å². The van der Waals surface area contributed by atoms with Crippen LogP contribution in [0.3, 0.4) is 0 Å². The summed E-state index contributed by atoms with van der Waals surface area (Å²) in [4.78, 5) is 6.41. The average Bonchev–Trinajstić information content (AvgIpc) is 2.40. The molecule has 1 heterocycles. The van der Waals surface area contributed by atoms with E-state index in [9.17, 15) is 0 Å². The summed E-state index contributed by atoms with van der Waals surface area (Å²) >= 11 is 0. The first-order valence-corrected chi connectivity index (χ1v) is 6.03. The highest BCUT2D eigenvalue weighted by Gasteiger charge is 2.00. The zero-order valence-electron chi connectivity index (χ0n) is 10.4. The molecule has 0 spiro atoms. The van der Waals surface area contributed by atoms with Crippen molar-refractivity contribution in [3.8, 4) is 11.1 Å². The lowest BCUT2D eigenvalue weighted by Crippen LogP contribution is -2.17. The van der Waals surface area contributed by atoms with Crippen LogP contribution in [0.15, 0.2) is 48.8 Å². The molecule has 0 aliphatic heterocycles. The maximum absolute atomic E-state index is 4.14. The molecule has 0 unspecified atom stereocenters. The second kappa shape index (κ2) is 5.48. The van der Waals surface area contributed by atoms with Crippen molar-refractivity contribution in [2.75, 3.05) is 18.5 Å². The molecule has 0 bridgehead atoms. The monoisotopic (exact) mass is 226 g/mol. The van der Waals surface area contributed by atoms with Gasteiger partial charge >= 0.3 is 0 Å². The molecule has 0 saturated carbocycles. The van der Waals surface area contributed by atoms with Gasteiger partial charge in [-0.3, -0.25) is 4.98 Å². The van der Waals surface area contributed by atoms with Crippen LogP contribution < -0.4 is 4.90 Å². The second-order valence-electron chi connectivity index (χ2n) is 4.21. The Balaban J connectivity index is 2.19. The standard InChI is InChI=1S/C15H18N2/c1-3-11-17(2)15-8-6-13(7-9-15)14-5-4-10-16-12-14/h4-10,12H,3,11H2,1-2H3. The van der Waals surface area contributed by atoms with Crippen LogP contribution in [-0.4, -0.2) is 18.6 Å². The fourth-order valence-corrected chi connectivity index (χ4v) is 1.91. The van der Waals surface area contributed by atoms with E-state index in [4.69, 9.17) is 0 Å². The normalized spacial score (nSPS) is 10.2. The van der Waals surface area contributed by atoms with E-state index in [0.717, 1.165) is 12.1 Å². The lowest BCUT2D eigenvalue weighted by atomic mass is 10.1. The van der Waals surface area contributed by atoms with Gasteiger partial charge in [-0.15, -0.1) is 0 Å². The topological polar surface area (TPSA) is 16.1 Å². The third kappa shape index (κ3) is 2.84. The van der Waals surface area contributed by atoms with Gasteiger partial charge in [0, 0.05) is 31.7 Å². The molecular formula is C15H18N2. The Morgan fingerprint density at radius 3 is 2.41 bits per heavy atom. The highest BCUT2D eigenvalue weighted by molar-refractivity contribution is 5.65. The van der Waals surface area contributed by atoms with Gasteiger partial charge in [0.1, 0.15) is 0 Å². The van der Waals surface area contributed by atoms with E-state index in [1.807, 2.05) is 12.3 Å². The predicted molar refractivity (Wildman–Crippen MR) is 73.2 cm³/mol. The van der Waals surface area contributed by atoms with Gasteiger partial charge in [0.05, 0.1) is 0 Å². The third-order valence-corrected chi connectivity index (χ3v) is 2.86. The molecule has 0 saturated heterocycles. The van der Waals surface area contributed by atoms with E-state index < -0.39 is 0 Å². The summed E-state index contributed by atoms with van der Waals surface area (Å²) in [6, 6.07) is 12.7. The summed E-state index contributed by atoms with van der Waals surface area (Å²) < 4.78 is 0. The van der Waals surface area contributed by atoms with Gasteiger partial charge in [0.15, 0.2) is 0 Å². The van der Waals surface area contributed by atoms with Crippen LogP contribution >= 0.6 is 0 Å². The molecule has 2 heteroatoms. The number of pyridine rings is 1. The van der Waals surface area contributed by atoms with Crippen LogP contribution in [0.1, 0.15) is 13.3 Å². The molecule has 2 nitrogen and oxygen atoms in total. The van der Waals surface area contributed by atoms with Gasteiger partial charge in [-0.25, -0.2) is 0 Å². The molecule has 0 fully saturated rings.